The second-order valence-electron chi connectivity index (χ2n) is 13.0. The highest BCUT2D eigenvalue weighted by molar-refractivity contribution is 5.69. The van der Waals surface area contributed by atoms with Crippen molar-refractivity contribution in [2.75, 3.05) is 0 Å². The van der Waals surface area contributed by atoms with Crippen LogP contribution in [0, 0.1) is 25.7 Å². The van der Waals surface area contributed by atoms with Crippen LogP contribution in [0.25, 0.3) is 16.9 Å². The topological polar surface area (TPSA) is 8.81 Å². The molecule has 0 bridgehead atoms. The molecule has 2 aliphatic carbocycles. The second kappa shape index (κ2) is 8.89. The number of hydrogen-bond donors (Lipinski definition) is 0. The van der Waals surface area contributed by atoms with Crippen LogP contribution >= 0.6 is 0 Å². The molecule has 1 aromatic heterocycles. The van der Waals surface area contributed by atoms with Gasteiger partial charge in [-0.05, 0) is 65.0 Å². The summed E-state index contributed by atoms with van der Waals surface area (Å²) in [4.78, 5) is 0. The molecule has 0 radical (unpaired) electrons. The van der Waals surface area contributed by atoms with E-state index in [9.17, 15) is 0 Å². The molecule has 2 fully saturated rings. The molecule has 0 unspecified atom stereocenters. The molecule has 0 N–H and O–H groups in total. The minimum Gasteiger partial charge on any atom is -0.216 e. The van der Waals surface area contributed by atoms with Crippen molar-refractivity contribution in [3.05, 3.63) is 71.2 Å². The van der Waals surface area contributed by atoms with Crippen LogP contribution in [-0.2, 0) is 11.0 Å². The maximum Gasteiger partial charge on any atom is 0.268 e. The lowest BCUT2D eigenvalue weighted by Crippen LogP contribution is -2.66. The molecular formula is C34H45N2+. The lowest BCUT2D eigenvalue weighted by atomic mass is 9.61. The van der Waals surface area contributed by atoms with Crippen molar-refractivity contribution in [1.29, 1.82) is 0 Å². The molecule has 1 aliphatic heterocycles. The molecule has 3 aliphatic rings. The van der Waals surface area contributed by atoms with Gasteiger partial charge in [0.1, 0.15) is 11.2 Å². The Morgan fingerprint density at radius 2 is 1.31 bits per heavy atom. The van der Waals surface area contributed by atoms with E-state index < -0.39 is 0 Å². The molecule has 0 atom stereocenters. The van der Waals surface area contributed by atoms with Gasteiger partial charge in [-0.3, -0.25) is 0 Å². The second-order valence-corrected chi connectivity index (χ2v) is 13.0. The van der Waals surface area contributed by atoms with Gasteiger partial charge < -0.3 is 0 Å². The van der Waals surface area contributed by atoms with Crippen LogP contribution in [-0.4, -0.2) is 4.57 Å². The fourth-order valence-corrected chi connectivity index (χ4v) is 8.47. The standard InChI is InChI=1S/C34H45N2/c1-24-16-12-15-23-30(24)35-25(2)31-28-21-13-14-22-29(28)34(26-17-8-6-9-18-26,27-19-10-7-11-20-27)36(31)32(35)33(3,4)5/h12-16,21-23,26-27H,6-11,17-20H2,1-5H3/q+1. The van der Waals surface area contributed by atoms with E-state index in [4.69, 9.17) is 0 Å². The number of aromatic nitrogens is 2. The summed E-state index contributed by atoms with van der Waals surface area (Å²) in [5, 5.41) is 0. The number of benzene rings is 2. The lowest BCUT2D eigenvalue weighted by Gasteiger charge is -2.46. The molecule has 0 saturated heterocycles. The highest BCUT2D eigenvalue weighted by Crippen LogP contribution is 2.56. The van der Waals surface area contributed by atoms with E-state index in [2.05, 4.69) is 92.3 Å². The summed E-state index contributed by atoms with van der Waals surface area (Å²) in [7, 11) is 0. The fourth-order valence-electron chi connectivity index (χ4n) is 8.47. The van der Waals surface area contributed by atoms with Gasteiger partial charge in [0.25, 0.3) is 5.82 Å². The minimum atomic E-state index is 0.0158. The van der Waals surface area contributed by atoms with E-state index in [0.717, 1.165) is 11.8 Å². The molecule has 190 valence electrons. The van der Waals surface area contributed by atoms with E-state index in [1.54, 1.807) is 5.56 Å². The Labute approximate surface area is 218 Å². The summed E-state index contributed by atoms with van der Waals surface area (Å²) >= 11 is 0. The molecule has 2 heteroatoms. The van der Waals surface area contributed by atoms with Crippen LogP contribution in [0.4, 0.5) is 0 Å². The van der Waals surface area contributed by atoms with Crippen molar-refractivity contribution in [3.63, 3.8) is 0 Å². The molecule has 2 aromatic carbocycles. The monoisotopic (exact) mass is 481 g/mol. The van der Waals surface area contributed by atoms with Crippen molar-refractivity contribution >= 4 is 0 Å². The largest absolute Gasteiger partial charge is 0.268 e. The predicted molar refractivity (Wildman–Crippen MR) is 150 cm³/mol. The summed E-state index contributed by atoms with van der Waals surface area (Å²) in [5.41, 5.74) is 8.85. The molecule has 6 rings (SSSR count). The molecular weight excluding hydrogens is 436 g/mol. The third-order valence-corrected chi connectivity index (χ3v) is 9.79. The molecule has 2 heterocycles. The molecule has 2 saturated carbocycles. The van der Waals surface area contributed by atoms with Crippen molar-refractivity contribution in [3.8, 4) is 16.9 Å². The van der Waals surface area contributed by atoms with Crippen LogP contribution < -0.4 is 4.57 Å². The lowest BCUT2D eigenvalue weighted by molar-refractivity contribution is -0.765. The molecule has 0 amide bonds. The zero-order valence-electron chi connectivity index (χ0n) is 23.2. The Kier molecular flexibility index (Phi) is 5.93. The Balaban J connectivity index is 1.76. The number of fused-ring (bicyclic) bond motifs is 3. The zero-order valence-corrected chi connectivity index (χ0v) is 23.2. The summed E-state index contributed by atoms with van der Waals surface area (Å²) in [6, 6.07) is 18.6. The van der Waals surface area contributed by atoms with Gasteiger partial charge >= 0.3 is 0 Å². The number of hydrogen-bond acceptors (Lipinski definition) is 0. The highest BCUT2D eigenvalue weighted by Gasteiger charge is 2.61. The summed E-state index contributed by atoms with van der Waals surface area (Å²) < 4.78 is 5.62. The van der Waals surface area contributed by atoms with E-state index in [0.29, 0.717) is 0 Å². The van der Waals surface area contributed by atoms with Gasteiger partial charge in [-0.15, -0.1) is 0 Å². The average Bonchev–Trinajstić information content (AvgIpc) is 3.36. The third kappa shape index (κ3) is 3.39. The molecule has 0 spiro atoms. The van der Waals surface area contributed by atoms with E-state index >= 15 is 0 Å². The van der Waals surface area contributed by atoms with E-state index in [-0.39, 0.29) is 11.0 Å². The first-order chi connectivity index (χ1) is 17.4. The summed E-state index contributed by atoms with van der Waals surface area (Å²) in [6.45, 7) is 12.0. The zero-order chi connectivity index (χ0) is 25.1. The van der Waals surface area contributed by atoms with Crippen LogP contribution in [0.2, 0.25) is 0 Å². The van der Waals surface area contributed by atoms with Gasteiger partial charge in [0, 0.05) is 29.9 Å². The van der Waals surface area contributed by atoms with Crippen LogP contribution in [0.5, 0.6) is 0 Å². The first-order valence-corrected chi connectivity index (χ1v) is 14.7. The molecule has 36 heavy (non-hydrogen) atoms. The summed E-state index contributed by atoms with van der Waals surface area (Å²) in [6.07, 6.45) is 13.9. The quantitative estimate of drug-likeness (QED) is 0.331. The number of imidazole rings is 1. The minimum absolute atomic E-state index is 0.0158. The Bertz CT molecular complexity index is 1240. The average molecular weight is 482 g/mol. The number of para-hydroxylation sites is 1. The van der Waals surface area contributed by atoms with Crippen LogP contribution in [0.3, 0.4) is 0 Å². The third-order valence-electron chi connectivity index (χ3n) is 9.79. The molecule has 2 nitrogen and oxygen atoms in total. The first-order valence-electron chi connectivity index (χ1n) is 14.7. The van der Waals surface area contributed by atoms with Gasteiger partial charge in [-0.1, -0.05) is 81.0 Å². The summed E-state index contributed by atoms with van der Waals surface area (Å²) in [5.74, 6) is 2.93. The first kappa shape index (κ1) is 24.0. The highest BCUT2D eigenvalue weighted by atomic mass is 15.3. The Morgan fingerprint density at radius 3 is 1.89 bits per heavy atom. The van der Waals surface area contributed by atoms with Crippen LogP contribution in [0.15, 0.2) is 48.5 Å². The van der Waals surface area contributed by atoms with Crippen molar-refractivity contribution in [2.24, 2.45) is 11.8 Å². The van der Waals surface area contributed by atoms with Crippen molar-refractivity contribution in [1.82, 2.24) is 4.57 Å². The van der Waals surface area contributed by atoms with Crippen LogP contribution in [0.1, 0.15) is 108 Å². The van der Waals surface area contributed by atoms with Gasteiger partial charge in [-0.25, -0.2) is 4.57 Å². The number of nitrogens with zero attached hydrogens (tertiary/aromatic N) is 2. The predicted octanol–water partition coefficient (Wildman–Crippen LogP) is 8.56. The molecule has 3 aromatic rings. The van der Waals surface area contributed by atoms with Gasteiger partial charge in [-0.2, -0.15) is 4.57 Å². The van der Waals surface area contributed by atoms with E-state index in [1.807, 2.05) is 0 Å². The maximum atomic E-state index is 2.96. The van der Waals surface area contributed by atoms with Gasteiger partial charge in [0.15, 0.2) is 11.4 Å². The maximum absolute atomic E-state index is 2.96. The van der Waals surface area contributed by atoms with Crippen molar-refractivity contribution < 1.29 is 4.57 Å². The van der Waals surface area contributed by atoms with Crippen molar-refractivity contribution in [2.45, 2.75) is 110 Å². The Morgan fingerprint density at radius 1 is 0.750 bits per heavy atom. The van der Waals surface area contributed by atoms with E-state index in [1.165, 1.54) is 98.2 Å². The van der Waals surface area contributed by atoms with Gasteiger partial charge in [0.2, 0.25) is 0 Å². The normalized spacial score (nSPS) is 20.4. The Hall–Kier alpha value is -2.35. The number of rotatable bonds is 3. The smallest absolute Gasteiger partial charge is 0.216 e. The SMILES string of the molecule is Cc1ccccc1-n1c(C)c2[n+](c1C(C)(C)C)C(C1CCCCC1)(C1CCCCC1)c1ccccc1-2. The van der Waals surface area contributed by atoms with Gasteiger partial charge in [0.05, 0.1) is 5.41 Å². The fraction of sp³-hybridized carbons (Fsp3) is 0.559. The number of aryl methyl sites for hydroxylation is 1.